The van der Waals surface area contributed by atoms with Gasteiger partial charge in [-0.2, -0.15) is 0 Å². The molecule has 1 aliphatic heterocycles. The van der Waals surface area contributed by atoms with Crippen molar-refractivity contribution >= 4 is 5.91 Å². The van der Waals surface area contributed by atoms with Gasteiger partial charge in [0.25, 0.3) is 5.91 Å². The average Bonchev–Trinajstić information content (AvgIpc) is 2.24. The second kappa shape index (κ2) is 4.02. The number of methoxy groups -OCH3 is 1. The zero-order valence-corrected chi connectivity index (χ0v) is 9.01. The van der Waals surface area contributed by atoms with E-state index < -0.39 is 0 Å². The number of nitrogens with two attached hydrogens (primary N) is 1. The van der Waals surface area contributed by atoms with Gasteiger partial charge in [-0.1, -0.05) is 0 Å². The molecule has 1 amide bonds. The third kappa shape index (κ3) is 1.81. The van der Waals surface area contributed by atoms with E-state index in [4.69, 9.17) is 10.5 Å². The van der Waals surface area contributed by atoms with Gasteiger partial charge in [0.2, 0.25) is 0 Å². The second-order valence-corrected chi connectivity index (χ2v) is 3.86. The van der Waals surface area contributed by atoms with Crippen LogP contribution in [0, 0.1) is 0 Å². The van der Waals surface area contributed by atoms with E-state index in [-0.39, 0.29) is 17.7 Å². The van der Waals surface area contributed by atoms with Gasteiger partial charge in [-0.3, -0.25) is 4.79 Å². The normalized spacial score (nSPS) is 15.8. The second-order valence-electron chi connectivity index (χ2n) is 3.86. The Labute approximate surface area is 93.4 Å². The number of amides is 1. The summed E-state index contributed by atoms with van der Waals surface area (Å²) in [6.07, 6.45) is 0. The van der Waals surface area contributed by atoms with Crippen molar-refractivity contribution in [1.29, 1.82) is 0 Å². The summed E-state index contributed by atoms with van der Waals surface area (Å²) >= 11 is 0. The van der Waals surface area contributed by atoms with Crippen LogP contribution in [0.15, 0.2) is 18.2 Å². The largest absolute Gasteiger partial charge is 0.504 e. The molecule has 1 aromatic carbocycles. The van der Waals surface area contributed by atoms with E-state index in [2.05, 4.69) is 0 Å². The lowest BCUT2D eigenvalue weighted by Gasteiger charge is -2.36. The third-order valence-electron chi connectivity index (χ3n) is 2.62. The van der Waals surface area contributed by atoms with Crippen LogP contribution in [0.1, 0.15) is 10.4 Å². The van der Waals surface area contributed by atoms with Crippen LogP contribution in [0.2, 0.25) is 0 Å². The van der Waals surface area contributed by atoms with Gasteiger partial charge in [-0.05, 0) is 18.2 Å². The Morgan fingerprint density at radius 1 is 1.56 bits per heavy atom. The van der Waals surface area contributed by atoms with Crippen molar-refractivity contribution < 1.29 is 14.6 Å². The number of carbonyl (C=O) groups is 1. The Morgan fingerprint density at radius 3 is 2.75 bits per heavy atom. The third-order valence-corrected chi connectivity index (χ3v) is 2.62. The number of hydrogen-bond donors (Lipinski definition) is 2. The molecular formula is C11H14N2O3. The minimum absolute atomic E-state index is 0.0295. The van der Waals surface area contributed by atoms with Gasteiger partial charge in [0.1, 0.15) is 0 Å². The number of ether oxygens (including phenoxy) is 1. The van der Waals surface area contributed by atoms with Crippen LogP contribution >= 0.6 is 0 Å². The Kier molecular flexibility index (Phi) is 2.70. The van der Waals surface area contributed by atoms with E-state index in [1.54, 1.807) is 17.0 Å². The number of likely N-dealkylation sites (tertiary alicyclic amines) is 1. The van der Waals surface area contributed by atoms with Crippen molar-refractivity contribution in [3.63, 3.8) is 0 Å². The first-order valence-corrected chi connectivity index (χ1v) is 5.03. The van der Waals surface area contributed by atoms with E-state index in [0.29, 0.717) is 24.4 Å². The van der Waals surface area contributed by atoms with Crippen molar-refractivity contribution in [2.75, 3.05) is 20.2 Å². The quantitative estimate of drug-likeness (QED) is 0.748. The molecule has 5 heteroatoms. The molecule has 3 N–H and O–H groups in total. The highest BCUT2D eigenvalue weighted by molar-refractivity contribution is 5.95. The van der Waals surface area contributed by atoms with Crippen LogP contribution in [0.5, 0.6) is 11.5 Å². The van der Waals surface area contributed by atoms with Crippen molar-refractivity contribution in [2.45, 2.75) is 6.04 Å². The number of rotatable bonds is 2. The van der Waals surface area contributed by atoms with Crippen LogP contribution in [0.25, 0.3) is 0 Å². The van der Waals surface area contributed by atoms with E-state index in [9.17, 15) is 9.90 Å². The Hall–Kier alpha value is -1.75. The summed E-state index contributed by atoms with van der Waals surface area (Å²) in [6, 6.07) is 4.69. The first kappa shape index (κ1) is 10.8. The predicted molar refractivity (Wildman–Crippen MR) is 58.5 cm³/mol. The monoisotopic (exact) mass is 222 g/mol. The zero-order valence-electron chi connectivity index (χ0n) is 9.01. The van der Waals surface area contributed by atoms with Gasteiger partial charge in [0.15, 0.2) is 11.5 Å². The average molecular weight is 222 g/mol. The fourth-order valence-corrected chi connectivity index (χ4v) is 1.68. The molecule has 86 valence electrons. The van der Waals surface area contributed by atoms with Gasteiger partial charge < -0.3 is 20.5 Å². The minimum atomic E-state index is -0.111. The smallest absolute Gasteiger partial charge is 0.254 e. The standard InChI is InChI=1S/C11H14N2O3/c1-16-10-3-2-7(4-9(10)14)11(15)13-5-8(12)6-13/h2-4,8,14H,5-6,12H2,1H3. The minimum Gasteiger partial charge on any atom is -0.504 e. The number of nitrogens with zero attached hydrogens (tertiary/aromatic N) is 1. The van der Waals surface area contributed by atoms with Gasteiger partial charge in [0.05, 0.1) is 7.11 Å². The highest BCUT2D eigenvalue weighted by Crippen LogP contribution is 2.27. The molecule has 16 heavy (non-hydrogen) atoms. The molecule has 5 nitrogen and oxygen atoms in total. The Morgan fingerprint density at radius 2 is 2.25 bits per heavy atom. The topological polar surface area (TPSA) is 75.8 Å². The summed E-state index contributed by atoms with van der Waals surface area (Å²) in [6.45, 7) is 1.15. The molecular weight excluding hydrogens is 208 g/mol. The number of aromatic hydroxyl groups is 1. The molecule has 2 rings (SSSR count). The van der Waals surface area contributed by atoms with Crippen molar-refractivity contribution in [2.24, 2.45) is 5.73 Å². The molecule has 0 unspecified atom stereocenters. The summed E-state index contributed by atoms with van der Waals surface area (Å²) in [4.78, 5) is 13.5. The van der Waals surface area contributed by atoms with Crippen LogP contribution < -0.4 is 10.5 Å². The molecule has 1 aromatic rings. The van der Waals surface area contributed by atoms with E-state index in [1.165, 1.54) is 13.2 Å². The highest BCUT2D eigenvalue weighted by atomic mass is 16.5. The number of phenols is 1. The summed E-state index contributed by atoms with van der Waals surface area (Å²) in [5.41, 5.74) is 6.05. The van der Waals surface area contributed by atoms with Gasteiger partial charge in [0, 0.05) is 24.7 Å². The Bertz CT molecular complexity index is 414. The SMILES string of the molecule is COc1ccc(C(=O)N2CC(N)C2)cc1O. The molecule has 1 fully saturated rings. The Balaban J connectivity index is 2.15. The number of phenolic OH excluding ortho intramolecular Hbond substituents is 1. The summed E-state index contributed by atoms with van der Waals surface area (Å²) < 4.78 is 4.90. The molecule has 0 bridgehead atoms. The lowest BCUT2D eigenvalue weighted by Crippen LogP contribution is -2.57. The number of hydrogen-bond acceptors (Lipinski definition) is 4. The molecule has 0 aromatic heterocycles. The van der Waals surface area contributed by atoms with Crippen LogP contribution in [-0.4, -0.2) is 42.2 Å². The maximum absolute atomic E-state index is 11.8. The van der Waals surface area contributed by atoms with Crippen molar-refractivity contribution in [1.82, 2.24) is 4.90 Å². The van der Waals surface area contributed by atoms with Gasteiger partial charge in [-0.25, -0.2) is 0 Å². The highest BCUT2D eigenvalue weighted by Gasteiger charge is 2.28. The van der Waals surface area contributed by atoms with E-state index >= 15 is 0 Å². The molecule has 1 saturated heterocycles. The molecule has 0 atom stereocenters. The first-order chi connectivity index (χ1) is 7.61. The summed E-state index contributed by atoms with van der Waals surface area (Å²) in [5, 5.41) is 9.54. The van der Waals surface area contributed by atoms with Crippen LogP contribution in [0.3, 0.4) is 0 Å². The number of carbonyl (C=O) groups excluding carboxylic acids is 1. The molecule has 0 radical (unpaired) electrons. The fraction of sp³-hybridized carbons (Fsp3) is 0.364. The summed E-state index contributed by atoms with van der Waals surface area (Å²) in [7, 11) is 1.46. The van der Waals surface area contributed by atoms with Crippen LogP contribution in [0.4, 0.5) is 0 Å². The molecule has 1 heterocycles. The van der Waals surface area contributed by atoms with Crippen molar-refractivity contribution in [3.05, 3.63) is 23.8 Å². The predicted octanol–water partition coefficient (Wildman–Crippen LogP) is 0.184. The van der Waals surface area contributed by atoms with Crippen molar-refractivity contribution in [3.8, 4) is 11.5 Å². The molecule has 0 spiro atoms. The van der Waals surface area contributed by atoms with E-state index in [0.717, 1.165) is 0 Å². The lowest BCUT2D eigenvalue weighted by atomic mass is 10.1. The summed E-state index contributed by atoms with van der Waals surface area (Å²) in [5.74, 6) is 0.217. The molecule has 0 saturated carbocycles. The maximum Gasteiger partial charge on any atom is 0.254 e. The lowest BCUT2D eigenvalue weighted by molar-refractivity contribution is 0.0607. The number of benzene rings is 1. The molecule has 1 aliphatic rings. The maximum atomic E-state index is 11.8. The zero-order chi connectivity index (χ0) is 11.7. The first-order valence-electron chi connectivity index (χ1n) is 5.03. The molecule has 0 aliphatic carbocycles. The fourth-order valence-electron chi connectivity index (χ4n) is 1.68. The van der Waals surface area contributed by atoms with Gasteiger partial charge in [-0.15, -0.1) is 0 Å². The van der Waals surface area contributed by atoms with Gasteiger partial charge >= 0.3 is 0 Å². The van der Waals surface area contributed by atoms with E-state index in [1.807, 2.05) is 0 Å². The van der Waals surface area contributed by atoms with Crippen LogP contribution in [-0.2, 0) is 0 Å².